The second kappa shape index (κ2) is 3.25. The van der Waals surface area contributed by atoms with Gasteiger partial charge in [0.05, 0.1) is 0 Å². The summed E-state index contributed by atoms with van der Waals surface area (Å²) in [5.41, 5.74) is 1.98. The Bertz CT molecular complexity index is 487. The molecule has 0 amide bonds. The molecule has 1 heterocycles. The zero-order valence-corrected chi connectivity index (χ0v) is 7.80. The Morgan fingerprint density at radius 2 is 2.29 bits per heavy atom. The highest BCUT2D eigenvalue weighted by Gasteiger charge is 2.09. The van der Waals surface area contributed by atoms with Gasteiger partial charge in [-0.25, -0.2) is 4.39 Å². The van der Waals surface area contributed by atoms with Crippen LogP contribution in [0, 0.1) is 5.82 Å². The topological polar surface area (TPSA) is 32.9 Å². The third-order valence-electron chi connectivity index (χ3n) is 2.36. The minimum absolute atomic E-state index is 0.331. The fourth-order valence-corrected chi connectivity index (χ4v) is 1.59. The van der Waals surface area contributed by atoms with Crippen molar-refractivity contribution in [2.24, 2.45) is 0 Å². The largest absolute Gasteiger partial charge is 0.360 e. The molecule has 0 aliphatic carbocycles. The van der Waals surface area contributed by atoms with Gasteiger partial charge >= 0.3 is 0 Å². The third kappa shape index (κ3) is 1.21. The van der Waals surface area contributed by atoms with E-state index in [0.717, 1.165) is 12.0 Å². The van der Waals surface area contributed by atoms with Gasteiger partial charge in [0.2, 0.25) is 0 Å². The van der Waals surface area contributed by atoms with Crippen LogP contribution in [0.5, 0.6) is 0 Å². The molecule has 0 aliphatic heterocycles. The van der Waals surface area contributed by atoms with Crippen LogP contribution in [0.15, 0.2) is 18.3 Å². The fraction of sp³-hybridized carbons (Fsp3) is 0.182. The SMILES string of the molecule is CCc1cc(F)c2c(C=O)c[nH]c2c1. The summed E-state index contributed by atoms with van der Waals surface area (Å²) >= 11 is 0. The maximum absolute atomic E-state index is 13.5. The highest BCUT2D eigenvalue weighted by molar-refractivity contribution is 5.97. The average molecular weight is 191 g/mol. The van der Waals surface area contributed by atoms with E-state index in [-0.39, 0.29) is 5.82 Å². The van der Waals surface area contributed by atoms with E-state index in [1.807, 2.05) is 13.0 Å². The third-order valence-corrected chi connectivity index (χ3v) is 2.36. The lowest BCUT2D eigenvalue weighted by atomic mass is 10.1. The molecule has 1 aromatic heterocycles. The maximum Gasteiger partial charge on any atom is 0.152 e. The number of aryl methyl sites for hydroxylation is 1. The van der Waals surface area contributed by atoms with Crippen molar-refractivity contribution in [1.29, 1.82) is 0 Å². The van der Waals surface area contributed by atoms with Gasteiger partial charge in [0.25, 0.3) is 0 Å². The molecule has 0 spiro atoms. The van der Waals surface area contributed by atoms with Gasteiger partial charge < -0.3 is 4.98 Å². The first kappa shape index (κ1) is 8.94. The second-order valence-corrected chi connectivity index (χ2v) is 3.22. The lowest BCUT2D eigenvalue weighted by Gasteiger charge is -1.99. The first-order chi connectivity index (χ1) is 6.76. The van der Waals surface area contributed by atoms with Crippen LogP contribution < -0.4 is 0 Å². The van der Waals surface area contributed by atoms with Gasteiger partial charge in [0, 0.05) is 22.7 Å². The lowest BCUT2D eigenvalue weighted by molar-refractivity contribution is 0.112. The molecule has 1 N–H and O–H groups in total. The molecule has 0 atom stereocenters. The predicted octanol–water partition coefficient (Wildman–Crippen LogP) is 2.68. The highest BCUT2D eigenvalue weighted by Crippen LogP contribution is 2.22. The smallest absolute Gasteiger partial charge is 0.152 e. The Labute approximate surface area is 80.7 Å². The molecule has 3 heteroatoms. The molecule has 0 aliphatic rings. The van der Waals surface area contributed by atoms with E-state index in [2.05, 4.69) is 4.98 Å². The lowest BCUT2D eigenvalue weighted by Crippen LogP contribution is -1.86. The van der Waals surface area contributed by atoms with Crippen LogP contribution in [0.3, 0.4) is 0 Å². The van der Waals surface area contributed by atoms with E-state index in [1.54, 1.807) is 0 Å². The van der Waals surface area contributed by atoms with Crippen molar-refractivity contribution >= 4 is 17.2 Å². The first-order valence-electron chi connectivity index (χ1n) is 4.51. The molecule has 0 saturated heterocycles. The number of carbonyl (C=O) groups is 1. The zero-order valence-electron chi connectivity index (χ0n) is 7.80. The molecule has 0 saturated carbocycles. The minimum atomic E-state index is -0.331. The summed E-state index contributed by atoms with van der Waals surface area (Å²) in [7, 11) is 0. The number of H-pyrrole nitrogens is 1. The molecule has 2 rings (SSSR count). The van der Waals surface area contributed by atoms with Gasteiger partial charge in [-0.1, -0.05) is 6.92 Å². The normalized spacial score (nSPS) is 10.7. The Morgan fingerprint density at radius 1 is 1.50 bits per heavy atom. The summed E-state index contributed by atoms with van der Waals surface area (Å²) in [6.07, 6.45) is 2.97. The molecule has 14 heavy (non-hydrogen) atoms. The molecule has 2 nitrogen and oxygen atoms in total. The minimum Gasteiger partial charge on any atom is -0.360 e. The van der Waals surface area contributed by atoms with Gasteiger partial charge in [0.1, 0.15) is 5.82 Å². The fourth-order valence-electron chi connectivity index (χ4n) is 1.59. The molecule has 0 radical (unpaired) electrons. The monoisotopic (exact) mass is 191 g/mol. The number of halogens is 1. The van der Waals surface area contributed by atoms with Crippen molar-refractivity contribution in [3.05, 3.63) is 35.3 Å². The number of rotatable bonds is 2. The summed E-state index contributed by atoms with van der Waals surface area (Å²) in [5.74, 6) is -0.331. The number of hydrogen-bond donors (Lipinski definition) is 1. The quantitative estimate of drug-likeness (QED) is 0.727. The van der Waals surface area contributed by atoms with Gasteiger partial charge in [-0.2, -0.15) is 0 Å². The average Bonchev–Trinajstić information content (AvgIpc) is 2.61. The van der Waals surface area contributed by atoms with Crippen LogP contribution in [0.25, 0.3) is 10.9 Å². The highest BCUT2D eigenvalue weighted by atomic mass is 19.1. The number of aromatic amines is 1. The summed E-state index contributed by atoms with van der Waals surface area (Å²) in [6, 6.07) is 3.34. The molecular weight excluding hydrogens is 181 g/mol. The molecular formula is C11H10FNO. The second-order valence-electron chi connectivity index (χ2n) is 3.22. The van der Waals surface area contributed by atoms with Crippen LogP contribution in [-0.2, 0) is 6.42 Å². The number of carbonyl (C=O) groups excluding carboxylic acids is 1. The van der Waals surface area contributed by atoms with Crippen LogP contribution in [0.2, 0.25) is 0 Å². The number of nitrogens with one attached hydrogen (secondary N) is 1. The zero-order chi connectivity index (χ0) is 10.1. The van der Waals surface area contributed by atoms with Gasteiger partial charge in [-0.3, -0.25) is 4.79 Å². The van der Waals surface area contributed by atoms with Gasteiger partial charge in [-0.05, 0) is 24.1 Å². The Morgan fingerprint density at radius 3 is 2.93 bits per heavy atom. The van der Waals surface area contributed by atoms with E-state index in [4.69, 9.17) is 0 Å². The van der Waals surface area contributed by atoms with Gasteiger partial charge in [-0.15, -0.1) is 0 Å². The van der Waals surface area contributed by atoms with Gasteiger partial charge in [0.15, 0.2) is 6.29 Å². The van der Waals surface area contributed by atoms with Crippen LogP contribution in [0.1, 0.15) is 22.8 Å². The van der Waals surface area contributed by atoms with Crippen molar-refractivity contribution in [3.63, 3.8) is 0 Å². The maximum atomic E-state index is 13.5. The van der Waals surface area contributed by atoms with Crippen LogP contribution in [0.4, 0.5) is 4.39 Å². The number of aromatic nitrogens is 1. The van der Waals surface area contributed by atoms with Crippen molar-refractivity contribution in [2.75, 3.05) is 0 Å². The van der Waals surface area contributed by atoms with Crippen molar-refractivity contribution < 1.29 is 9.18 Å². The number of aldehydes is 1. The summed E-state index contributed by atoms with van der Waals surface area (Å²) < 4.78 is 13.5. The summed E-state index contributed by atoms with van der Waals surface area (Å²) in [4.78, 5) is 13.5. The Hall–Kier alpha value is -1.64. The molecule has 1 aromatic carbocycles. The first-order valence-corrected chi connectivity index (χ1v) is 4.51. The number of benzene rings is 1. The predicted molar refractivity (Wildman–Crippen MR) is 53.0 cm³/mol. The number of hydrogen-bond acceptors (Lipinski definition) is 1. The summed E-state index contributed by atoms with van der Waals surface area (Å²) in [6.45, 7) is 1.96. The molecule has 0 unspecified atom stereocenters. The summed E-state index contributed by atoms with van der Waals surface area (Å²) in [5, 5.41) is 0.386. The number of fused-ring (bicyclic) bond motifs is 1. The molecule has 2 aromatic rings. The van der Waals surface area contributed by atoms with E-state index < -0.39 is 0 Å². The van der Waals surface area contributed by atoms with E-state index in [1.165, 1.54) is 12.3 Å². The van der Waals surface area contributed by atoms with Crippen molar-refractivity contribution in [2.45, 2.75) is 13.3 Å². The van der Waals surface area contributed by atoms with Crippen LogP contribution in [-0.4, -0.2) is 11.3 Å². The van der Waals surface area contributed by atoms with E-state index in [0.29, 0.717) is 22.8 Å². The van der Waals surface area contributed by atoms with Crippen LogP contribution >= 0.6 is 0 Å². The molecule has 72 valence electrons. The van der Waals surface area contributed by atoms with Crippen molar-refractivity contribution in [1.82, 2.24) is 4.98 Å². The van der Waals surface area contributed by atoms with E-state index >= 15 is 0 Å². The standard InChI is InChI=1S/C11H10FNO/c1-2-7-3-9(12)11-8(6-14)5-13-10(11)4-7/h3-6,13H,2H2,1H3. The van der Waals surface area contributed by atoms with E-state index in [9.17, 15) is 9.18 Å². The van der Waals surface area contributed by atoms with Crippen molar-refractivity contribution in [3.8, 4) is 0 Å². The Balaban J connectivity index is 2.78. The molecule has 0 bridgehead atoms. The Kier molecular flexibility index (Phi) is 2.08. The molecule has 0 fully saturated rings.